The number of nitrogens with one attached hydrogen (secondary N) is 2. The molecule has 2 aromatic carbocycles. The molecule has 0 spiro atoms. The molecule has 2 rings (SSSR count). The molecule has 0 aliphatic heterocycles. The Labute approximate surface area is 148 Å². The number of amides is 2. The molecule has 25 heavy (non-hydrogen) atoms. The maximum Gasteiger partial charge on any atom is 0.338 e. The minimum atomic E-state index is -0.374. The van der Waals surface area contributed by atoms with Gasteiger partial charge in [-0.15, -0.1) is 0 Å². The van der Waals surface area contributed by atoms with Crippen LogP contribution in [0.1, 0.15) is 49.0 Å². The zero-order valence-corrected chi connectivity index (χ0v) is 14.8. The average Bonchev–Trinajstić information content (AvgIpc) is 2.62. The molecule has 132 valence electrons. The van der Waals surface area contributed by atoms with E-state index in [-0.39, 0.29) is 12.0 Å². The van der Waals surface area contributed by atoms with Gasteiger partial charge in [0.2, 0.25) is 0 Å². The third-order valence-corrected chi connectivity index (χ3v) is 4.01. The van der Waals surface area contributed by atoms with E-state index in [9.17, 15) is 9.59 Å². The van der Waals surface area contributed by atoms with Crippen molar-refractivity contribution >= 4 is 23.4 Å². The van der Waals surface area contributed by atoms with E-state index in [4.69, 9.17) is 4.74 Å². The number of hydrogen-bond donors (Lipinski definition) is 2. The zero-order valence-electron chi connectivity index (χ0n) is 14.8. The van der Waals surface area contributed by atoms with Crippen LogP contribution in [0.5, 0.6) is 0 Å². The Hall–Kier alpha value is -2.82. The second-order valence-electron chi connectivity index (χ2n) is 5.77. The molecular weight excluding hydrogens is 316 g/mol. The number of anilines is 2. The Bertz CT molecular complexity index is 726. The van der Waals surface area contributed by atoms with E-state index in [2.05, 4.69) is 24.5 Å². The van der Waals surface area contributed by atoms with Crippen LogP contribution in [0.15, 0.2) is 48.5 Å². The molecule has 0 radical (unpaired) electrons. The smallest absolute Gasteiger partial charge is 0.338 e. The number of urea groups is 1. The topological polar surface area (TPSA) is 67.4 Å². The average molecular weight is 340 g/mol. The first kappa shape index (κ1) is 18.5. The van der Waals surface area contributed by atoms with Crippen LogP contribution in [0.3, 0.4) is 0 Å². The number of carbonyl (C=O) groups excluding carboxylic acids is 2. The lowest BCUT2D eigenvalue weighted by Crippen LogP contribution is -2.20. The van der Waals surface area contributed by atoms with Crippen molar-refractivity contribution in [3.05, 3.63) is 59.7 Å². The van der Waals surface area contributed by atoms with Crippen molar-refractivity contribution in [2.45, 2.75) is 33.1 Å². The van der Waals surface area contributed by atoms with Gasteiger partial charge < -0.3 is 15.4 Å². The van der Waals surface area contributed by atoms with E-state index in [0.717, 1.165) is 17.7 Å². The highest BCUT2D eigenvalue weighted by atomic mass is 16.5. The van der Waals surface area contributed by atoms with Crippen molar-refractivity contribution < 1.29 is 14.3 Å². The Morgan fingerprint density at radius 3 is 2.32 bits per heavy atom. The Morgan fingerprint density at radius 2 is 1.68 bits per heavy atom. The quantitative estimate of drug-likeness (QED) is 0.726. The van der Waals surface area contributed by atoms with Crippen LogP contribution < -0.4 is 10.6 Å². The van der Waals surface area contributed by atoms with Crippen LogP contribution in [0.2, 0.25) is 0 Å². The van der Waals surface area contributed by atoms with Gasteiger partial charge in [-0.3, -0.25) is 0 Å². The largest absolute Gasteiger partial charge is 0.462 e. The number of esters is 1. The van der Waals surface area contributed by atoms with Crippen LogP contribution in [0.25, 0.3) is 0 Å². The maximum atomic E-state index is 12.3. The number of rotatable bonds is 6. The first-order valence-electron chi connectivity index (χ1n) is 8.49. The minimum Gasteiger partial charge on any atom is -0.462 e. The summed E-state index contributed by atoms with van der Waals surface area (Å²) in [5.41, 5.74) is 2.97. The van der Waals surface area contributed by atoms with Gasteiger partial charge in [0.05, 0.1) is 12.2 Å². The van der Waals surface area contributed by atoms with Crippen molar-refractivity contribution in [2.75, 3.05) is 17.2 Å². The van der Waals surface area contributed by atoms with Gasteiger partial charge in [-0.1, -0.05) is 32.0 Å². The number of benzene rings is 2. The second-order valence-corrected chi connectivity index (χ2v) is 5.77. The molecule has 2 aromatic rings. The summed E-state index contributed by atoms with van der Waals surface area (Å²) in [7, 11) is 0. The van der Waals surface area contributed by atoms with Gasteiger partial charge in [-0.05, 0) is 55.2 Å². The predicted octanol–water partition coefficient (Wildman–Crippen LogP) is 5.02. The third-order valence-electron chi connectivity index (χ3n) is 4.01. The lowest BCUT2D eigenvalue weighted by molar-refractivity contribution is 0.0526. The van der Waals surface area contributed by atoms with Gasteiger partial charge in [-0.2, -0.15) is 0 Å². The molecule has 0 unspecified atom stereocenters. The highest BCUT2D eigenvalue weighted by Gasteiger charge is 2.11. The summed E-state index contributed by atoms with van der Waals surface area (Å²) in [6.45, 7) is 6.34. The van der Waals surface area contributed by atoms with Crippen molar-refractivity contribution in [1.82, 2.24) is 0 Å². The molecule has 0 aliphatic rings. The fourth-order valence-corrected chi connectivity index (χ4v) is 2.45. The van der Waals surface area contributed by atoms with Crippen LogP contribution >= 0.6 is 0 Å². The molecule has 0 aliphatic carbocycles. The molecule has 0 saturated heterocycles. The van der Waals surface area contributed by atoms with E-state index < -0.39 is 0 Å². The molecule has 5 heteroatoms. The number of hydrogen-bond acceptors (Lipinski definition) is 3. The molecule has 0 aromatic heterocycles. The van der Waals surface area contributed by atoms with Crippen molar-refractivity contribution in [2.24, 2.45) is 0 Å². The summed E-state index contributed by atoms with van der Waals surface area (Å²) in [4.78, 5) is 23.9. The molecular formula is C20H24N2O3. The fourth-order valence-electron chi connectivity index (χ4n) is 2.45. The normalized spacial score (nSPS) is 11.5. The molecule has 0 saturated carbocycles. The molecule has 2 N–H and O–H groups in total. The molecule has 1 atom stereocenters. The standard InChI is InChI=1S/C20H24N2O3/c1-4-14(3)17-8-6-7-9-18(17)22-20(24)21-16-12-10-15(11-13-16)19(23)25-5-2/h6-14H,4-5H2,1-3H3,(H2,21,22,24)/t14-/m0/s1. The van der Waals surface area contributed by atoms with Crippen LogP contribution in [0, 0.1) is 0 Å². The van der Waals surface area contributed by atoms with E-state index in [0.29, 0.717) is 23.8 Å². The van der Waals surface area contributed by atoms with Crippen LogP contribution in [-0.2, 0) is 4.74 Å². The summed E-state index contributed by atoms with van der Waals surface area (Å²) in [6, 6.07) is 14.1. The van der Waals surface area contributed by atoms with Crippen molar-refractivity contribution in [3.8, 4) is 0 Å². The predicted molar refractivity (Wildman–Crippen MR) is 100 cm³/mol. The first-order valence-corrected chi connectivity index (χ1v) is 8.49. The third kappa shape index (κ3) is 5.08. The van der Waals surface area contributed by atoms with E-state index >= 15 is 0 Å². The van der Waals surface area contributed by atoms with Crippen molar-refractivity contribution in [3.63, 3.8) is 0 Å². The molecule has 0 fully saturated rings. The Kier molecular flexibility index (Phi) is 6.57. The zero-order chi connectivity index (χ0) is 18.2. The Balaban J connectivity index is 2.02. The number of para-hydroxylation sites is 1. The fraction of sp³-hybridized carbons (Fsp3) is 0.300. The minimum absolute atomic E-state index is 0.320. The molecule has 2 amide bonds. The van der Waals surface area contributed by atoms with E-state index in [1.807, 2.05) is 24.3 Å². The maximum absolute atomic E-state index is 12.3. The molecule has 0 heterocycles. The van der Waals surface area contributed by atoms with Crippen LogP contribution in [-0.4, -0.2) is 18.6 Å². The Morgan fingerprint density at radius 1 is 1.00 bits per heavy atom. The first-order chi connectivity index (χ1) is 12.0. The van der Waals surface area contributed by atoms with Gasteiger partial charge in [-0.25, -0.2) is 9.59 Å². The lowest BCUT2D eigenvalue weighted by Gasteiger charge is -2.16. The number of ether oxygens (including phenoxy) is 1. The van der Waals surface area contributed by atoms with Gasteiger partial charge >= 0.3 is 12.0 Å². The van der Waals surface area contributed by atoms with Crippen LogP contribution in [0.4, 0.5) is 16.2 Å². The monoisotopic (exact) mass is 340 g/mol. The molecule has 0 bridgehead atoms. The van der Waals surface area contributed by atoms with Gasteiger partial charge in [0.1, 0.15) is 0 Å². The van der Waals surface area contributed by atoms with Gasteiger partial charge in [0, 0.05) is 11.4 Å². The molecule has 5 nitrogen and oxygen atoms in total. The van der Waals surface area contributed by atoms with Crippen molar-refractivity contribution in [1.29, 1.82) is 0 Å². The second kappa shape index (κ2) is 8.87. The lowest BCUT2D eigenvalue weighted by atomic mass is 9.97. The SMILES string of the molecule is CCOC(=O)c1ccc(NC(=O)Nc2ccccc2[C@@H](C)CC)cc1. The summed E-state index contributed by atoms with van der Waals surface area (Å²) in [6.07, 6.45) is 0.996. The van der Waals surface area contributed by atoms with E-state index in [1.165, 1.54) is 0 Å². The summed E-state index contributed by atoms with van der Waals surface area (Å²) >= 11 is 0. The highest BCUT2D eigenvalue weighted by molar-refractivity contribution is 6.00. The van der Waals surface area contributed by atoms with Gasteiger partial charge in [0.25, 0.3) is 0 Å². The highest BCUT2D eigenvalue weighted by Crippen LogP contribution is 2.26. The summed E-state index contributed by atoms with van der Waals surface area (Å²) < 4.78 is 4.94. The van der Waals surface area contributed by atoms with E-state index in [1.54, 1.807) is 31.2 Å². The van der Waals surface area contributed by atoms with Gasteiger partial charge in [0.15, 0.2) is 0 Å². The summed E-state index contributed by atoms with van der Waals surface area (Å²) in [5.74, 6) is -0.0126. The number of carbonyl (C=O) groups is 2. The summed E-state index contributed by atoms with van der Waals surface area (Å²) in [5, 5.41) is 5.66.